The van der Waals surface area contributed by atoms with E-state index in [-0.39, 0.29) is 0 Å². The zero-order valence-corrected chi connectivity index (χ0v) is 16.1. The maximum Gasteiger partial charge on any atom is 0.213 e. The summed E-state index contributed by atoms with van der Waals surface area (Å²) in [5.74, 6) is 0.573. The van der Waals surface area contributed by atoms with E-state index >= 15 is 0 Å². The molecule has 0 aliphatic carbocycles. The first-order chi connectivity index (χ1) is 12.1. The molecule has 2 heterocycles. The Kier molecular flexibility index (Phi) is 5.91. The first-order valence-electron chi connectivity index (χ1n) is 7.10. The van der Waals surface area contributed by atoms with Crippen LogP contribution in [0.2, 0.25) is 15.1 Å². The highest BCUT2D eigenvalue weighted by atomic mass is 35.5. The van der Waals surface area contributed by atoms with Crippen molar-refractivity contribution in [2.24, 2.45) is 0 Å². The lowest BCUT2D eigenvalue weighted by Gasteiger charge is -2.15. The normalized spacial score (nSPS) is 12.0. The van der Waals surface area contributed by atoms with E-state index in [9.17, 15) is 0 Å². The summed E-state index contributed by atoms with van der Waals surface area (Å²) in [5.41, 5.74) is 0.776. The molecule has 128 valence electrons. The molecule has 2 aromatic heterocycles. The van der Waals surface area contributed by atoms with Gasteiger partial charge in [0, 0.05) is 29.2 Å². The Morgan fingerprint density at radius 2 is 1.92 bits per heavy atom. The SMILES string of the molecule is COC(=C(Sc1ccc(Cl)cn1)c1ccc(Cl)cc1Cl)n1ccnc1. The Bertz CT molecular complexity index is 896. The zero-order valence-electron chi connectivity index (χ0n) is 13.0. The topological polar surface area (TPSA) is 39.9 Å². The van der Waals surface area contributed by atoms with Gasteiger partial charge < -0.3 is 4.74 Å². The largest absolute Gasteiger partial charge is 0.481 e. The van der Waals surface area contributed by atoms with Gasteiger partial charge in [0.2, 0.25) is 5.88 Å². The molecule has 0 fully saturated rings. The number of rotatable bonds is 5. The fraction of sp³-hybridized carbons (Fsp3) is 0.0588. The molecule has 0 spiro atoms. The molecule has 0 amide bonds. The monoisotopic (exact) mass is 411 g/mol. The second kappa shape index (κ2) is 8.15. The highest BCUT2D eigenvalue weighted by Crippen LogP contribution is 2.41. The van der Waals surface area contributed by atoms with E-state index in [4.69, 9.17) is 39.5 Å². The van der Waals surface area contributed by atoms with Crippen molar-refractivity contribution in [2.75, 3.05) is 7.11 Å². The number of imidazole rings is 1. The Labute approximate surface area is 164 Å². The van der Waals surface area contributed by atoms with Gasteiger partial charge >= 0.3 is 0 Å². The summed E-state index contributed by atoms with van der Waals surface area (Å²) in [6.45, 7) is 0. The number of methoxy groups -OCH3 is 1. The molecule has 0 saturated carbocycles. The van der Waals surface area contributed by atoms with Crippen LogP contribution in [0.25, 0.3) is 10.8 Å². The molecule has 3 aromatic rings. The summed E-state index contributed by atoms with van der Waals surface area (Å²) >= 11 is 19.8. The van der Waals surface area contributed by atoms with Gasteiger partial charge in [0.25, 0.3) is 0 Å². The number of nitrogens with zero attached hydrogens (tertiary/aromatic N) is 3. The third-order valence-electron chi connectivity index (χ3n) is 3.21. The van der Waals surface area contributed by atoms with Gasteiger partial charge in [-0.05, 0) is 24.3 Å². The summed E-state index contributed by atoms with van der Waals surface area (Å²) < 4.78 is 7.40. The molecule has 3 rings (SSSR count). The van der Waals surface area contributed by atoms with Crippen molar-refractivity contribution in [1.82, 2.24) is 14.5 Å². The van der Waals surface area contributed by atoms with E-state index in [1.54, 1.807) is 54.8 Å². The van der Waals surface area contributed by atoms with Crippen LogP contribution in [0.4, 0.5) is 0 Å². The van der Waals surface area contributed by atoms with Gasteiger partial charge in [-0.1, -0.05) is 52.6 Å². The maximum absolute atomic E-state index is 6.42. The number of hydrogen-bond donors (Lipinski definition) is 0. The fourth-order valence-electron chi connectivity index (χ4n) is 2.11. The molecular formula is C17H12Cl3N3OS. The van der Waals surface area contributed by atoms with Gasteiger partial charge in [0.05, 0.1) is 22.1 Å². The predicted molar refractivity (Wildman–Crippen MR) is 104 cm³/mol. The minimum Gasteiger partial charge on any atom is -0.481 e. The van der Waals surface area contributed by atoms with Crippen molar-refractivity contribution in [2.45, 2.75) is 5.03 Å². The molecule has 1 aromatic carbocycles. The van der Waals surface area contributed by atoms with Crippen LogP contribution in [-0.2, 0) is 4.74 Å². The van der Waals surface area contributed by atoms with E-state index < -0.39 is 0 Å². The predicted octanol–water partition coefficient (Wildman–Crippen LogP) is 5.96. The average Bonchev–Trinajstić information content (AvgIpc) is 3.11. The molecule has 0 saturated heterocycles. The van der Waals surface area contributed by atoms with Crippen LogP contribution in [0.1, 0.15) is 5.56 Å². The lowest BCUT2D eigenvalue weighted by Crippen LogP contribution is -2.00. The van der Waals surface area contributed by atoms with Crippen molar-refractivity contribution in [1.29, 1.82) is 0 Å². The van der Waals surface area contributed by atoms with E-state index in [1.165, 1.54) is 11.8 Å². The van der Waals surface area contributed by atoms with Gasteiger partial charge in [0.1, 0.15) is 11.4 Å². The zero-order chi connectivity index (χ0) is 17.8. The average molecular weight is 413 g/mol. The third kappa shape index (κ3) is 4.30. The van der Waals surface area contributed by atoms with Crippen LogP contribution in [0, 0.1) is 0 Å². The van der Waals surface area contributed by atoms with Crippen LogP contribution >= 0.6 is 46.6 Å². The van der Waals surface area contributed by atoms with Gasteiger partial charge in [-0.3, -0.25) is 4.57 Å². The second-order valence-electron chi connectivity index (χ2n) is 4.85. The summed E-state index contributed by atoms with van der Waals surface area (Å²) in [6, 6.07) is 8.92. The second-order valence-corrected chi connectivity index (χ2v) is 7.16. The summed E-state index contributed by atoms with van der Waals surface area (Å²) in [4.78, 5) is 9.19. The van der Waals surface area contributed by atoms with Crippen LogP contribution < -0.4 is 0 Å². The van der Waals surface area contributed by atoms with Crippen molar-refractivity contribution in [3.63, 3.8) is 0 Å². The molecule has 0 unspecified atom stereocenters. The minimum atomic E-state index is 0.513. The van der Waals surface area contributed by atoms with E-state index in [0.717, 1.165) is 15.5 Å². The lowest BCUT2D eigenvalue weighted by atomic mass is 10.2. The molecule has 25 heavy (non-hydrogen) atoms. The summed E-state index contributed by atoms with van der Waals surface area (Å²) in [5, 5.41) is 2.39. The van der Waals surface area contributed by atoms with Crippen molar-refractivity contribution >= 4 is 57.4 Å². The van der Waals surface area contributed by atoms with Crippen molar-refractivity contribution in [3.05, 3.63) is 75.9 Å². The van der Waals surface area contributed by atoms with Gasteiger partial charge in [-0.15, -0.1) is 0 Å². The molecular weight excluding hydrogens is 401 g/mol. The maximum atomic E-state index is 6.42. The number of halogens is 3. The molecule has 8 heteroatoms. The van der Waals surface area contributed by atoms with E-state index in [1.807, 2.05) is 12.1 Å². The third-order valence-corrected chi connectivity index (χ3v) is 5.03. The summed E-state index contributed by atoms with van der Waals surface area (Å²) in [7, 11) is 1.59. The van der Waals surface area contributed by atoms with Crippen LogP contribution in [0.3, 0.4) is 0 Å². The first kappa shape index (κ1) is 18.1. The highest BCUT2D eigenvalue weighted by molar-refractivity contribution is 8.08. The summed E-state index contributed by atoms with van der Waals surface area (Å²) in [6.07, 6.45) is 6.71. The van der Waals surface area contributed by atoms with Crippen LogP contribution in [-0.4, -0.2) is 21.6 Å². The number of pyridine rings is 1. The number of benzene rings is 1. The quantitative estimate of drug-likeness (QED) is 0.383. The van der Waals surface area contributed by atoms with E-state index in [2.05, 4.69) is 9.97 Å². The molecule has 0 aliphatic heterocycles. The lowest BCUT2D eigenvalue weighted by molar-refractivity contribution is 0.346. The fourth-order valence-corrected chi connectivity index (χ4v) is 3.79. The smallest absolute Gasteiger partial charge is 0.213 e. The van der Waals surface area contributed by atoms with Crippen molar-refractivity contribution < 1.29 is 4.74 Å². The first-order valence-corrected chi connectivity index (χ1v) is 9.05. The van der Waals surface area contributed by atoms with Crippen LogP contribution in [0.15, 0.2) is 60.3 Å². The Morgan fingerprint density at radius 3 is 2.52 bits per heavy atom. The number of ether oxygens (including phenoxy) is 1. The number of thioether (sulfide) groups is 1. The van der Waals surface area contributed by atoms with Crippen LogP contribution in [0.5, 0.6) is 0 Å². The standard InChI is InChI=1S/C17H12Cl3N3OS/c1-24-17(23-7-6-21-10-23)16(13-4-2-11(18)8-14(13)20)25-15-5-3-12(19)9-22-15/h2-10H,1H3. The molecule has 4 nitrogen and oxygen atoms in total. The molecule has 0 atom stereocenters. The molecule has 0 bridgehead atoms. The highest BCUT2D eigenvalue weighted by Gasteiger charge is 2.18. The Morgan fingerprint density at radius 1 is 1.12 bits per heavy atom. The number of hydrogen-bond acceptors (Lipinski definition) is 4. The van der Waals surface area contributed by atoms with Gasteiger partial charge in [-0.2, -0.15) is 0 Å². The number of aromatic nitrogens is 3. The minimum absolute atomic E-state index is 0.513. The van der Waals surface area contributed by atoms with Gasteiger partial charge in [-0.25, -0.2) is 9.97 Å². The Hall–Kier alpha value is -1.66. The Balaban J connectivity index is 2.15. The van der Waals surface area contributed by atoms with Gasteiger partial charge in [0.15, 0.2) is 0 Å². The molecule has 0 aliphatic rings. The molecule has 0 N–H and O–H groups in total. The van der Waals surface area contributed by atoms with Crippen molar-refractivity contribution in [3.8, 4) is 0 Å². The van der Waals surface area contributed by atoms with E-state index in [0.29, 0.717) is 21.0 Å². The molecule has 0 radical (unpaired) electrons.